The summed E-state index contributed by atoms with van der Waals surface area (Å²) in [4.78, 5) is 25.8. The number of benzene rings is 3. The molecule has 0 saturated heterocycles. The average Bonchev–Trinajstić information content (AvgIpc) is 3.70. The molecule has 6 nitrogen and oxygen atoms in total. The number of halogens is 1. The van der Waals surface area contributed by atoms with Gasteiger partial charge in [0.2, 0.25) is 0 Å². The lowest BCUT2D eigenvalue weighted by atomic mass is 9.93. The zero-order valence-corrected chi connectivity index (χ0v) is 24.3. The number of esters is 1. The molecule has 1 atom stereocenters. The van der Waals surface area contributed by atoms with Gasteiger partial charge < -0.3 is 14.2 Å². The van der Waals surface area contributed by atoms with Gasteiger partial charge in [0.05, 0.1) is 29.7 Å². The van der Waals surface area contributed by atoms with Gasteiger partial charge in [-0.3, -0.25) is 10.1 Å². The van der Waals surface area contributed by atoms with Crippen LogP contribution in [-0.4, -0.2) is 25.8 Å². The van der Waals surface area contributed by atoms with Gasteiger partial charge in [0, 0.05) is 11.6 Å². The van der Waals surface area contributed by atoms with Crippen molar-refractivity contribution in [2.24, 2.45) is 0 Å². The highest BCUT2D eigenvalue weighted by atomic mass is 32.1. The van der Waals surface area contributed by atoms with Crippen molar-refractivity contribution < 1.29 is 28.2 Å². The zero-order chi connectivity index (χ0) is 29.1. The molecule has 0 spiro atoms. The van der Waals surface area contributed by atoms with Crippen molar-refractivity contribution >= 4 is 29.1 Å². The van der Waals surface area contributed by atoms with E-state index in [1.54, 1.807) is 14.0 Å². The summed E-state index contributed by atoms with van der Waals surface area (Å²) in [7, 11) is 1.58. The van der Waals surface area contributed by atoms with Crippen LogP contribution in [0, 0.1) is 12.1 Å². The van der Waals surface area contributed by atoms with Gasteiger partial charge in [0.25, 0.3) is 0 Å². The Hall–Kier alpha value is -4.17. The first-order chi connectivity index (χ1) is 19.8. The molecule has 41 heavy (non-hydrogen) atoms. The van der Waals surface area contributed by atoms with Crippen LogP contribution in [0.4, 0.5) is 14.9 Å². The van der Waals surface area contributed by atoms with Gasteiger partial charge in [-0.15, -0.1) is 11.3 Å². The van der Waals surface area contributed by atoms with Crippen molar-refractivity contribution in [3.05, 3.63) is 94.6 Å². The number of amides is 1. The Labute approximate surface area is 243 Å². The van der Waals surface area contributed by atoms with Gasteiger partial charge >= 0.3 is 12.1 Å². The molecule has 0 unspecified atom stereocenters. The van der Waals surface area contributed by atoms with Crippen molar-refractivity contribution in [3.8, 4) is 27.3 Å². The van der Waals surface area contributed by atoms with Crippen molar-refractivity contribution in [2.75, 3.05) is 19.0 Å². The standard InChI is InChI=1S/C33H32FNO5S/c1-5-39-31(36)33(16-17-33)24-13-10-22(11-14-24)26-15-12-23(18-28(26)38-4)30-27(19-29(34)41-30)35-32(37)40-21(3)25-9-7-6-8-20(25)2/h6-15,18-19,21H,5,16-17H2,1-4H3,(H,35,37)/t21-/m1/s1. The minimum Gasteiger partial charge on any atom is -0.496 e. The van der Waals surface area contributed by atoms with E-state index in [2.05, 4.69) is 5.32 Å². The molecule has 8 heteroatoms. The first-order valence-corrected chi connectivity index (χ1v) is 14.4. The summed E-state index contributed by atoms with van der Waals surface area (Å²) in [6.45, 7) is 5.93. The lowest BCUT2D eigenvalue weighted by Gasteiger charge is -2.17. The number of hydrogen-bond donors (Lipinski definition) is 1. The third-order valence-corrected chi connectivity index (χ3v) is 8.45. The van der Waals surface area contributed by atoms with E-state index >= 15 is 0 Å². The molecule has 1 fully saturated rings. The number of anilines is 1. The maximum atomic E-state index is 14.4. The molecule has 4 aromatic rings. The molecular formula is C33H32FNO5S. The third kappa shape index (κ3) is 5.84. The molecule has 1 N–H and O–H groups in total. The minimum absolute atomic E-state index is 0.171. The lowest BCUT2D eigenvalue weighted by molar-refractivity contribution is -0.146. The van der Waals surface area contributed by atoms with E-state index in [-0.39, 0.29) is 5.97 Å². The Morgan fingerprint density at radius 1 is 1.02 bits per heavy atom. The van der Waals surface area contributed by atoms with E-state index in [1.165, 1.54) is 6.07 Å². The average molecular weight is 574 g/mol. The number of rotatable bonds is 9. The van der Waals surface area contributed by atoms with Crippen LogP contribution in [0.3, 0.4) is 0 Å². The number of hydrogen-bond acceptors (Lipinski definition) is 6. The predicted octanol–water partition coefficient (Wildman–Crippen LogP) is 8.44. The molecular weight excluding hydrogens is 541 g/mol. The van der Waals surface area contributed by atoms with Crippen molar-refractivity contribution in [1.29, 1.82) is 0 Å². The van der Waals surface area contributed by atoms with Crippen LogP contribution >= 0.6 is 11.3 Å². The van der Waals surface area contributed by atoms with Crippen LogP contribution in [0.1, 0.15) is 49.5 Å². The van der Waals surface area contributed by atoms with Crippen molar-refractivity contribution in [3.63, 3.8) is 0 Å². The fraction of sp³-hybridized carbons (Fsp3) is 0.273. The molecule has 1 heterocycles. The highest BCUT2D eigenvalue weighted by Crippen LogP contribution is 2.50. The lowest BCUT2D eigenvalue weighted by Crippen LogP contribution is -2.23. The number of carbonyl (C=O) groups is 2. The first kappa shape index (κ1) is 28.4. The Morgan fingerprint density at radius 3 is 2.39 bits per heavy atom. The van der Waals surface area contributed by atoms with Gasteiger partial charge in [-0.2, -0.15) is 4.39 Å². The summed E-state index contributed by atoms with van der Waals surface area (Å²) >= 11 is 0.930. The Kier molecular flexibility index (Phi) is 8.13. The van der Waals surface area contributed by atoms with Gasteiger partial charge in [0.15, 0.2) is 5.13 Å². The van der Waals surface area contributed by atoms with E-state index in [4.69, 9.17) is 14.2 Å². The molecule has 1 aromatic heterocycles. The fourth-order valence-electron chi connectivity index (χ4n) is 5.12. The Balaban J connectivity index is 1.35. The minimum atomic E-state index is -0.667. The molecule has 1 aliphatic rings. The van der Waals surface area contributed by atoms with Crippen molar-refractivity contribution in [2.45, 2.75) is 45.1 Å². The van der Waals surface area contributed by atoms with Gasteiger partial charge in [-0.05, 0) is 67.5 Å². The maximum Gasteiger partial charge on any atom is 0.412 e. The number of ether oxygens (including phenoxy) is 3. The van der Waals surface area contributed by atoms with Crippen LogP contribution in [0.2, 0.25) is 0 Å². The quantitative estimate of drug-likeness (QED) is 0.203. The summed E-state index contributed by atoms with van der Waals surface area (Å²) in [6.07, 6.45) is 0.436. The second-order valence-corrected chi connectivity index (χ2v) is 11.1. The molecule has 0 bridgehead atoms. The summed E-state index contributed by atoms with van der Waals surface area (Å²) in [5, 5.41) is 2.27. The SMILES string of the molecule is CCOC(=O)C1(c2ccc(-c3ccc(-c4sc(F)cc4NC(=O)O[C@H](C)c4ccccc4C)cc3OC)cc2)CC1. The molecule has 1 saturated carbocycles. The molecule has 212 valence electrons. The topological polar surface area (TPSA) is 73.9 Å². The molecule has 3 aromatic carbocycles. The molecule has 1 amide bonds. The largest absolute Gasteiger partial charge is 0.496 e. The van der Waals surface area contributed by atoms with Crippen LogP contribution < -0.4 is 10.1 Å². The first-order valence-electron chi connectivity index (χ1n) is 13.5. The van der Waals surface area contributed by atoms with Gasteiger partial charge in [-0.25, -0.2) is 4.79 Å². The molecule has 0 radical (unpaired) electrons. The smallest absolute Gasteiger partial charge is 0.412 e. The Bertz CT molecular complexity index is 1570. The highest BCUT2D eigenvalue weighted by Gasteiger charge is 2.52. The number of aryl methyl sites for hydroxylation is 1. The summed E-state index contributed by atoms with van der Waals surface area (Å²) in [5.74, 6) is 0.424. The summed E-state index contributed by atoms with van der Waals surface area (Å²) in [5.41, 5.74) is 5.11. The van der Waals surface area contributed by atoms with Crippen LogP contribution in [0.15, 0.2) is 72.8 Å². The maximum absolute atomic E-state index is 14.4. The second kappa shape index (κ2) is 11.7. The van der Waals surface area contributed by atoms with Crippen LogP contribution in [-0.2, 0) is 19.7 Å². The molecule has 1 aliphatic carbocycles. The van der Waals surface area contributed by atoms with Crippen LogP contribution in [0.5, 0.6) is 5.75 Å². The van der Waals surface area contributed by atoms with E-state index < -0.39 is 22.7 Å². The third-order valence-electron chi connectivity index (χ3n) is 7.48. The van der Waals surface area contributed by atoms with E-state index in [0.717, 1.165) is 52.0 Å². The predicted molar refractivity (Wildman–Crippen MR) is 159 cm³/mol. The van der Waals surface area contributed by atoms with Crippen LogP contribution in [0.25, 0.3) is 21.6 Å². The summed E-state index contributed by atoms with van der Waals surface area (Å²) < 4.78 is 31.0. The second-order valence-electron chi connectivity index (χ2n) is 10.1. The van der Waals surface area contributed by atoms with Gasteiger partial charge in [-0.1, -0.05) is 60.7 Å². The van der Waals surface area contributed by atoms with E-state index in [0.29, 0.717) is 28.5 Å². The highest BCUT2D eigenvalue weighted by molar-refractivity contribution is 7.14. The Morgan fingerprint density at radius 2 is 1.73 bits per heavy atom. The summed E-state index contributed by atoms with van der Waals surface area (Å²) in [6, 6.07) is 22.4. The monoisotopic (exact) mass is 573 g/mol. The van der Waals surface area contributed by atoms with Gasteiger partial charge in [0.1, 0.15) is 11.9 Å². The number of carbonyl (C=O) groups excluding carboxylic acids is 2. The molecule has 0 aliphatic heterocycles. The van der Waals surface area contributed by atoms with E-state index in [9.17, 15) is 14.0 Å². The number of nitrogens with one attached hydrogen (secondary N) is 1. The van der Waals surface area contributed by atoms with Crippen molar-refractivity contribution in [1.82, 2.24) is 0 Å². The normalized spacial score (nSPS) is 14.2. The zero-order valence-electron chi connectivity index (χ0n) is 23.5. The fourth-order valence-corrected chi connectivity index (χ4v) is 5.96. The number of methoxy groups -OCH3 is 1. The molecule has 5 rings (SSSR count). The van der Waals surface area contributed by atoms with E-state index in [1.807, 2.05) is 80.6 Å². The number of thiophene rings is 1.